The summed E-state index contributed by atoms with van der Waals surface area (Å²) in [5.41, 5.74) is 11.9. The van der Waals surface area contributed by atoms with E-state index in [0.29, 0.717) is 12.0 Å². The molecule has 1 heteroatoms. The Morgan fingerprint density at radius 1 is 0.821 bits per heavy atom. The molecule has 2 aliphatic rings. The van der Waals surface area contributed by atoms with Gasteiger partial charge in [-0.2, -0.15) is 0 Å². The van der Waals surface area contributed by atoms with E-state index in [9.17, 15) is 0 Å². The minimum Gasteiger partial charge on any atom is -0.291 e. The summed E-state index contributed by atoms with van der Waals surface area (Å²) in [6, 6.07) is 23.6. The van der Waals surface area contributed by atoms with Crippen LogP contribution in [-0.4, -0.2) is 10.9 Å². The van der Waals surface area contributed by atoms with E-state index in [4.69, 9.17) is 0 Å². The third-order valence-electron chi connectivity index (χ3n) is 6.89. The van der Waals surface area contributed by atoms with Crippen LogP contribution in [0, 0.1) is 20.8 Å². The molecule has 0 amide bonds. The first-order valence-electron chi connectivity index (χ1n) is 10.6. The highest BCUT2D eigenvalue weighted by atomic mass is 15.2. The van der Waals surface area contributed by atoms with Gasteiger partial charge in [-0.1, -0.05) is 66.2 Å². The second-order valence-corrected chi connectivity index (χ2v) is 8.81. The zero-order valence-electron chi connectivity index (χ0n) is 17.2. The zero-order chi connectivity index (χ0) is 19.3. The Bertz CT molecular complexity index is 1020. The van der Waals surface area contributed by atoms with Crippen molar-refractivity contribution < 1.29 is 0 Å². The van der Waals surface area contributed by atoms with Crippen LogP contribution in [0.1, 0.15) is 56.8 Å². The number of rotatable bonds is 2. The van der Waals surface area contributed by atoms with Crippen molar-refractivity contribution in [2.75, 3.05) is 0 Å². The molecule has 2 atom stereocenters. The van der Waals surface area contributed by atoms with Crippen LogP contribution in [0.5, 0.6) is 0 Å². The first kappa shape index (κ1) is 17.7. The quantitative estimate of drug-likeness (QED) is 0.531. The van der Waals surface area contributed by atoms with Gasteiger partial charge in [-0.25, -0.2) is 0 Å². The fraction of sp³-hybridized carbons (Fsp3) is 0.333. The molecule has 1 aliphatic carbocycles. The van der Waals surface area contributed by atoms with Crippen molar-refractivity contribution >= 4 is 0 Å². The summed E-state index contributed by atoms with van der Waals surface area (Å²) in [5, 5.41) is 0. The molecule has 2 unspecified atom stereocenters. The van der Waals surface area contributed by atoms with Crippen LogP contribution in [0.2, 0.25) is 0 Å². The lowest BCUT2D eigenvalue weighted by molar-refractivity contribution is 0.133. The normalized spacial score (nSPS) is 21.0. The van der Waals surface area contributed by atoms with Gasteiger partial charge in [0.1, 0.15) is 0 Å². The minimum absolute atomic E-state index is 0.496. The Labute approximate surface area is 169 Å². The molecule has 0 bridgehead atoms. The number of benzene rings is 3. The van der Waals surface area contributed by atoms with Gasteiger partial charge < -0.3 is 0 Å². The first-order valence-corrected chi connectivity index (χ1v) is 10.6. The molecule has 0 saturated carbocycles. The highest BCUT2D eigenvalue weighted by Gasteiger charge is 2.39. The summed E-state index contributed by atoms with van der Waals surface area (Å²) in [6.07, 6.45) is 2.45. The molecule has 3 aromatic rings. The summed E-state index contributed by atoms with van der Waals surface area (Å²) in [5.74, 6) is 0.496. The highest BCUT2D eigenvalue weighted by molar-refractivity contribution is 5.50. The van der Waals surface area contributed by atoms with Crippen LogP contribution in [0.15, 0.2) is 60.7 Å². The van der Waals surface area contributed by atoms with Crippen molar-refractivity contribution in [2.45, 2.75) is 58.7 Å². The average Bonchev–Trinajstić information content (AvgIpc) is 2.70. The molecule has 0 fully saturated rings. The van der Waals surface area contributed by atoms with Crippen molar-refractivity contribution in [3.8, 4) is 0 Å². The molecule has 0 saturated heterocycles. The first-order chi connectivity index (χ1) is 13.6. The van der Waals surface area contributed by atoms with Gasteiger partial charge in [0, 0.05) is 25.0 Å². The number of hydrogen-bond donors (Lipinski definition) is 0. The van der Waals surface area contributed by atoms with Gasteiger partial charge >= 0.3 is 0 Å². The van der Waals surface area contributed by atoms with Crippen molar-refractivity contribution in [1.82, 2.24) is 4.90 Å². The van der Waals surface area contributed by atoms with Crippen LogP contribution < -0.4 is 0 Å². The van der Waals surface area contributed by atoms with Crippen LogP contribution in [0.3, 0.4) is 0 Å². The van der Waals surface area contributed by atoms with Gasteiger partial charge in [0.15, 0.2) is 0 Å². The summed E-state index contributed by atoms with van der Waals surface area (Å²) >= 11 is 0. The van der Waals surface area contributed by atoms with Crippen LogP contribution >= 0.6 is 0 Å². The lowest BCUT2D eigenvalue weighted by Crippen LogP contribution is -2.45. The Hall–Kier alpha value is -2.38. The molecule has 1 nitrogen and oxygen atoms in total. The second kappa shape index (κ2) is 6.90. The summed E-state index contributed by atoms with van der Waals surface area (Å²) in [7, 11) is 0. The largest absolute Gasteiger partial charge is 0.291 e. The number of fused-ring (bicyclic) bond motifs is 5. The molecule has 1 aliphatic heterocycles. The Morgan fingerprint density at radius 3 is 2.39 bits per heavy atom. The molecule has 0 aromatic heterocycles. The predicted octanol–water partition coefficient (Wildman–Crippen LogP) is 6.07. The summed E-state index contributed by atoms with van der Waals surface area (Å²) < 4.78 is 0. The molecule has 3 aromatic carbocycles. The molecule has 0 spiro atoms. The fourth-order valence-electron chi connectivity index (χ4n) is 5.32. The topological polar surface area (TPSA) is 3.24 Å². The second-order valence-electron chi connectivity index (χ2n) is 8.81. The van der Waals surface area contributed by atoms with Gasteiger partial charge in [0.2, 0.25) is 0 Å². The van der Waals surface area contributed by atoms with E-state index in [1.807, 2.05) is 0 Å². The lowest BCUT2D eigenvalue weighted by atomic mass is 9.70. The van der Waals surface area contributed by atoms with Crippen LogP contribution in [0.4, 0.5) is 0 Å². The van der Waals surface area contributed by atoms with E-state index in [1.54, 1.807) is 16.7 Å². The standard InChI is InChI=1S/C27H29N/c1-18-9-10-23-17-28(16-21-7-5-4-6-8-21)26-12-11-22-14-19(2)20(3)15-25(22)27(26)24(23)13-18/h4-10,13-15,26-27H,11-12,16-17H2,1-3H3. The van der Waals surface area contributed by atoms with E-state index in [2.05, 4.69) is 86.3 Å². The number of nitrogens with zero attached hydrogens (tertiary/aromatic N) is 1. The molecule has 142 valence electrons. The zero-order valence-corrected chi connectivity index (χ0v) is 17.2. The maximum Gasteiger partial charge on any atom is 0.0252 e. The van der Waals surface area contributed by atoms with Gasteiger partial charge in [0.05, 0.1) is 0 Å². The minimum atomic E-state index is 0.496. The number of hydrogen-bond acceptors (Lipinski definition) is 1. The highest BCUT2D eigenvalue weighted by Crippen LogP contribution is 2.45. The van der Waals surface area contributed by atoms with Crippen molar-refractivity contribution in [1.29, 1.82) is 0 Å². The van der Waals surface area contributed by atoms with E-state index in [-0.39, 0.29) is 0 Å². The van der Waals surface area contributed by atoms with Crippen LogP contribution in [0.25, 0.3) is 0 Å². The Morgan fingerprint density at radius 2 is 1.57 bits per heavy atom. The molecule has 28 heavy (non-hydrogen) atoms. The van der Waals surface area contributed by atoms with E-state index >= 15 is 0 Å². The molecule has 1 heterocycles. The summed E-state index contributed by atoms with van der Waals surface area (Å²) in [4.78, 5) is 2.73. The fourth-order valence-corrected chi connectivity index (χ4v) is 5.32. The van der Waals surface area contributed by atoms with Crippen molar-refractivity contribution in [2.24, 2.45) is 0 Å². The van der Waals surface area contributed by atoms with Crippen molar-refractivity contribution in [3.05, 3.63) is 105 Å². The maximum atomic E-state index is 2.73. The van der Waals surface area contributed by atoms with Crippen molar-refractivity contribution in [3.63, 3.8) is 0 Å². The van der Waals surface area contributed by atoms with E-state index in [1.165, 1.54) is 40.7 Å². The molecular weight excluding hydrogens is 338 g/mol. The monoisotopic (exact) mass is 367 g/mol. The third kappa shape index (κ3) is 2.99. The smallest absolute Gasteiger partial charge is 0.0252 e. The molecule has 0 N–H and O–H groups in total. The van der Waals surface area contributed by atoms with Gasteiger partial charge in [-0.15, -0.1) is 0 Å². The van der Waals surface area contributed by atoms with Crippen LogP contribution in [-0.2, 0) is 19.5 Å². The maximum absolute atomic E-state index is 2.73. The molecule has 5 rings (SSSR count). The summed E-state index contributed by atoms with van der Waals surface area (Å²) in [6.45, 7) is 8.85. The predicted molar refractivity (Wildman–Crippen MR) is 117 cm³/mol. The Balaban J connectivity index is 1.63. The van der Waals surface area contributed by atoms with E-state index in [0.717, 1.165) is 13.1 Å². The SMILES string of the molecule is Cc1ccc2c(c1)C1c3cc(C)c(C)cc3CCC1N(Cc1ccccc1)C2. The molecular formula is C27H29N. The third-order valence-corrected chi connectivity index (χ3v) is 6.89. The van der Waals surface area contributed by atoms with Gasteiger partial charge in [-0.05, 0) is 72.6 Å². The average molecular weight is 368 g/mol. The van der Waals surface area contributed by atoms with E-state index < -0.39 is 0 Å². The number of aryl methyl sites for hydroxylation is 4. The molecule has 0 radical (unpaired) electrons. The van der Waals surface area contributed by atoms with Gasteiger partial charge in [-0.3, -0.25) is 4.90 Å². The lowest BCUT2D eigenvalue weighted by Gasteiger charge is -2.46. The van der Waals surface area contributed by atoms with Gasteiger partial charge in [0.25, 0.3) is 0 Å². The Kier molecular flexibility index (Phi) is 4.36.